The van der Waals surface area contributed by atoms with Crippen molar-refractivity contribution in [3.05, 3.63) is 92.4 Å². The van der Waals surface area contributed by atoms with Crippen LogP contribution >= 0.6 is 11.6 Å². The number of amides is 1. The molecule has 1 atom stereocenters. The molecule has 212 valence electrons. The molecule has 7 nitrogen and oxygen atoms in total. The minimum atomic E-state index is -0.278. The molecule has 0 aliphatic heterocycles. The second kappa shape index (κ2) is 14.3. The van der Waals surface area contributed by atoms with Crippen molar-refractivity contribution >= 4 is 29.2 Å². The van der Waals surface area contributed by atoms with E-state index in [0.717, 1.165) is 66.5 Å². The zero-order valence-electron chi connectivity index (χ0n) is 23.3. The minimum Gasteiger partial charge on any atom is -0.466 e. The van der Waals surface area contributed by atoms with Gasteiger partial charge in [0, 0.05) is 18.2 Å². The average molecular weight is 564 g/mol. The Balaban J connectivity index is 1.47. The number of nitrogens with one attached hydrogen (secondary N) is 1. The molecule has 1 fully saturated rings. The van der Waals surface area contributed by atoms with Crippen molar-refractivity contribution in [3.63, 3.8) is 0 Å². The van der Waals surface area contributed by atoms with Crippen molar-refractivity contribution in [2.45, 2.75) is 77.7 Å². The van der Waals surface area contributed by atoms with Crippen LogP contribution in [0.5, 0.6) is 0 Å². The Morgan fingerprint density at radius 3 is 2.58 bits per heavy atom. The summed E-state index contributed by atoms with van der Waals surface area (Å²) in [6.45, 7) is 4.81. The number of hydrogen-bond acceptors (Lipinski definition) is 5. The summed E-state index contributed by atoms with van der Waals surface area (Å²) in [6, 6.07) is 16.6. The fourth-order valence-electron chi connectivity index (χ4n) is 5.41. The van der Waals surface area contributed by atoms with E-state index in [1.807, 2.05) is 49.4 Å². The number of anilines is 1. The van der Waals surface area contributed by atoms with Crippen molar-refractivity contribution in [2.75, 3.05) is 11.9 Å². The van der Waals surface area contributed by atoms with Crippen LogP contribution in [0.1, 0.15) is 80.0 Å². The Hall–Kier alpha value is -3.45. The van der Waals surface area contributed by atoms with E-state index in [1.165, 1.54) is 16.8 Å². The van der Waals surface area contributed by atoms with Gasteiger partial charge in [0.15, 0.2) is 0 Å². The lowest BCUT2D eigenvalue weighted by Gasteiger charge is -2.24. The van der Waals surface area contributed by atoms with Gasteiger partial charge < -0.3 is 10.1 Å². The molecular formula is C32H38ClN3O4. The van der Waals surface area contributed by atoms with Gasteiger partial charge in [0.25, 0.3) is 5.56 Å². The van der Waals surface area contributed by atoms with Gasteiger partial charge >= 0.3 is 5.97 Å². The first-order valence-electron chi connectivity index (χ1n) is 14.2. The predicted molar refractivity (Wildman–Crippen MR) is 158 cm³/mol. The van der Waals surface area contributed by atoms with Crippen molar-refractivity contribution in [3.8, 4) is 0 Å². The van der Waals surface area contributed by atoms with Gasteiger partial charge in [-0.1, -0.05) is 74.2 Å². The lowest BCUT2D eigenvalue weighted by atomic mass is 9.83. The van der Waals surface area contributed by atoms with Crippen LogP contribution in [0.15, 0.2) is 59.4 Å². The summed E-state index contributed by atoms with van der Waals surface area (Å²) >= 11 is 5.96. The molecular weight excluding hydrogens is 526 g/mol. The fourth-order valence-corrected chi connectivity index (χ4v) is 5.56. The molecule has 1 N–H and O–H groups in total. The maximum absolute atomic E-state index is 13.8. The number of nitrogens with zero attached hydrogens (tertiary/aromatic N) is 2. The number of aryl methyl sites for hydroxylation is 1. The summed E-state index contributed by atoms with van der Waals surface area (Å²) in [5, 5.41) is 7.56. The summed E-state index contributed by atoms with van der Waals surface area (Å²) in [4.78, 5) is 38.0. The molecule has 1 aliphatic carbocycles. The van der Waals surface area contributed by atoms with Gasteiger partial charge in [0.2, 0.25) is 5.91 Å². The van der Waals surface area contributed by atoms with Crippen LogP contribution in [0, 0.1) is 12.8 Å². The first-order valence-corrected chi connectivity index (χ1v) is 14.6. The molecule has 0 spiro atoms. The molecule has 0 saturated heterocycles. The molecule has 1 aliphatic rings. The monoisotopic (exact) mass is 563 g/mol. The Bertz CT molecular complexity index is 1360. The number of unbranched alkanes of at least 4 members (excludes halogenated alkanes) is 1. The van der Waals surface area contributed by atoms with Gasteiger partial charge in [-0.2, -0.15) is 5.10 Å². The van der Waals surface area contributed by atoms with Crippen LogP contribution in [-0.2, 0) is 27.3 Å². The number of halogens is 1. The number of hydrogen-bond donors (Lipinski definition) is 1. The molecule has 8 heteroatoms. The van der Waals surface area contributed by atoms with E-state index < -0.39 is 0 Å². The summed E-state index contributed by atoms with van der Waals surface area (Å²) in [5.74, 6) is -0.223. The highest BCUT2D eigenvalue weighted by Crippen LogP contribution is 2.38. The number of aromatic nitrogens is 2. The largest absolute Gasteiger partial charge is 0.466 e. The van der Waals surface area contributed by atoms with Gasteiger partial charge in [0.05, 0.1) is 19.1 Å². The van der Waals surface area contributed by atoms with Crippen LogP contribution in [-0.4, -0.2) is 28.3 Å². The zero-order valence-corrected chi connectivity index (χ0v) is 24.1. The van der Waals surface area contributed by atoms with E-state index in [-0.39, 0.29) is 34.4 Å². The van der Waals surface area contributed by atoms with Crippen molar-refractivity contribution in [2.24, 2.45) is 5.92 Å². The van der Waals surface area contributed by atoms with Crippen molar-refractivity contribution in [1.82, 2.24) is 9.78 Å². The van der Waals surface area contributed by atoms with Crippen LogP contribution in [0.25, 0.3) is 0 Å². The van der Waals surface area contributed by atoms with E-state index in [9.17, 15) is 14.4 Å². The molecule has 4 rings (SSSR count). The van der Waals surface area contributed by atoms with Crippen molar-refractivity contribution < 1.29 is 14.3 Å². The third-order valence-electron chi connectivity index (χ3n) is 7.72. The number of rotatable bonds is 12. The highest BCUT2D eigenvalue weighted by molar-refractivity contribution is 6.29. The third-order valence-corrected chi connectivity index (χ3v) is 7.92. The number of carbonyl (C=O) groups is 2. The van der Waals surface area contributed by atoms with E-state index in [4.69, 9.17) is 16.3 Å². The molecule has 40 heavy (non-hydrogen) atoms. The first-order chi connectivity index (χ1) is 19.4. The molecule has 1 saturated carbocycles. The molecule has 2 aromatic carbocycles. The van der Waals surface area contributed by atoms with Gasteiger partial charge in [0.1, 0.15) is 5.15 Å². The molecule has 1 amide bonds. The molecule has 1 aromatic heterocycles. The van der Waals surface area contributed by atoms with Crippen LogP contribution in [0.2, 0.25) is 5.15 Å². The molecule has 1 heterocycles. The summed E-state index contributed by atoms with van der Waals surface area (Å²) in [7, 11) is 0. The highest BCUT2D eigenvalue weighted by atomic mass is 35.5. The van der Waals surface area contributed by atoms with Crippen LogP contribution < -0.4 is 10.9 Å². The van der Waals surface area contributed by atoms with Gasteiger partial charge in [-0.15, -0.1) is 0 Å². The van der Waals surface area contributed by atoms with Gasteiger partial charge in [-0.3, -0.25) is 14.4 Å². The smallest absolute Gasteiger partial charge is 0.306 e. The number of benzene rings is 2. The fraction of sp³-hybridized carbons (Fsp3) is 0.438. The molecule has 1 unspecified atom stereocenters. The summed E-state index contributed by atoms with van der Waals surface area (Å²) in [5.41, 5.74) is 4.41. The number of carbonyl (C=O) groups excluding carboxylic acids is 2. The second-order valence-corrected chi connectivity index (χ2v) is 11.0. The lowest BCUT2D eigenvalue weighted by Crippen LogP contribution is -2.27. The summed E-state index contributed by atoms with van der Waals surface area (Å²) < 4.78 is 6.63. The molecule has 0 radical (unpaired) electrons. The predicted octanol–water partition coefficient (Wildman–Crippen LogP) is 6.44. The Kier molecular flexibility index (Phi) is 10.5. The second-order valence-electron chi connectivity index (χ2n) is 10.6. The zero-order chi connectivity index (χ0) is 28.5. The van der Waals surface area contributed by atoms with E-state index in [1.54, 1.807) is 0 Å². The lowest BCUT2D eigenvalue weighted by molar-refractivity contribution is -0.143. The number of ether oxygens (including phenoxy) is 1. The van der Waals surface area contributed by atoms with Crippen LogP contribution in [0.4, 0.5) is 5.69 Å². The Morgan fingerprint density at radius 1 is 1.10 bits per heavy atom. The minimum absolute atomic E-state index is 0.0217. The summed E-state index contributed by atoms with van der Waals surface area (Å²) in [6.07, 6.45) is 7.02. The SMILES string of the molecule is CCCCOC(=O)CCc1cccc(NC(=O)C(c2ccc(Cn3nc(Cl)ccc3=O)cc2)C2CCCC2)c1C. The Labute approximate surface area is 240 Å². The van der Waals surface area contributed by atoms with E-state index in [0.29, 0.717) is 26.0 Å². The topological polar surface area (TPSA) is 90.3 Å². The quantitative estimate of drug-likeness (QED) is 0.202. The van der Waals surface area contributed by atoms with Crippen molar-refractivity contribution in [1.29, 1.82) is 0 Å². The number of esters is 1. The standard InChI is InChI=1S/C32H38ClN3O4/c1-3-4-20-40-30(38)19-16-24-10-7-11-27(22(24)2)34-32(39)31(25-8-5-6-9-25)26-14-12-23(13-15-26)21-36-29(37)18-17-28(33)35-36/h7,10-15,17-18,25,31H,3-6,8-9,16,19-21H2,1-2H3,(H,34,39). The van der Waals surface area contributed by atoms with E-state index >= 15 is 0 Å². The maximum Gasteiger partial charge on any atom is 0.306 e. The van der Waals surface area contributed by atoms with Crippen LogP contribution in [0.3, 0.4) is 0 Å². The maximum atomic E-state index is 13.8. The molecule has 3 aromatic rings. The first kappa shape index (κ1) is 29.5. The Morgan fingerprint density at radius 2 is 1.85 bits per heavy atom. The third kappa shape index (κ3) is 7.81. The van der Waals surface area contributed by atoms with Gasteiger partial charge in [-0.25, -0.2) is 4.68 Å². The normalized spacial score (nSPS) is 14.2. The van der Waals surface area contributed by atoms with Gasteiger partial charge in [-0.05, 0) is 72.9 Å². The van der Waals surface area contributed by atoms with E-state index in [2.05, 4.69) is 17.3 Å². The highest BCUT2D eigenvalue weighted by Gasteiger charge is 2.32. The average Bonchev–Trinajstić information content (AvgIpc) is 3.47. The molecule has 0 bridgehead atoms.